The standard InChI is InChI=1S/C12H19NO5/c1-7(2)12(17)5-13(6-12)10(14)8-3-4-9(18-8)11(15)16/h7-9,17H,3-6H2,1-2H3,(H,15,16)/t8-,9+/m0/s1. The number of hydrogen-bond acceptors (Lipinski definition) is 4. The van der Waals surface area contributed by atoms with Crippen molar-refractivity contribution in [1.29, 1.82) is 0 Å². The molecule has 0 saturated carbocycles. The number of ether oxygens (including phenoxy) is 1. The fraction of sp³-hybridized carbons (Fsp3) is 0.833. The molecule has 2 heterocycles. The van der Waals surface area contributed by atoms with Crippen molar-refractivity contribution >= 4 is 11.9 Å². The minimum Gasteiger partial charge on any atom is -0.479 e. The van der Waals surface area contributed by atoms with Crippen molar-refractivity contribution in [1.82, 2.24) is 4.90 Å². The number of carboxylic acid groups (broad SMARTS) is 1. The van der Waals surface area contributed by atoms with Crippen molar-refractivity contribution in [3.05, 3.63) is 0 Å². The van der Waals surface area contributed by atoms with E-state index in [1.807, 2.05) is 13.8 Å². The zero-order valence-corrected chi connectivity index (χ0v) is 10.6. The highest BCUT2D eigenvalue weighted by atomic mass is 16.5. The Morgan fingerprint density at radius 2 is 1.83 bits per heavy atom. The van der Waals surface area contributed by atoms with Gasteiger partial charge in [-0.2, -0.15) is 0 Å². The van der Waals surface area contributed by atoms with E-state index < -0.39 is 23.8 Å². The first-order valence-electron chi connectivity index (χ1n) is 6.23. The Morgan fingerprint density at radius 3 is 2.28 bits per heavy atom. The average Bonchev–Trinajstić information content (AvgIpc) is 2.72. The normalized spacial score (nSPS) is 30.3. The van der Waals surface area contributed by atoms with E-state index >= 15 is 0 Å². The van der Waals surface area contributed by atoms with Crippen molar-refractivity contribution in [2.45, 2.75) is 44.5 Å². The molecule has 2 N–H and O–H groups in total. The summed E-state index contributed by atoms with van der Waals surface area (Å²) in [6.07, 6.45) is -0.729. The van der Waals surface area contributed by atoms with Crippen LogP contribution in [0.15, 0.2) is 0 Å². The number of rotatable bonds is 3. The van der Waals surface area contributed by atoms with Crippen LogP contribution in [0.4, 0.5) is 0 Å². The smallest absolute Gasteiger partial charge is 0.332 e. The minimum atomic E-state index is -1.02. The molecule has 0 spiro atoms. The van der Waals surface area contributed by atoms with Crippen LogP contribution in [0, 0.1) is 5.92 Å². The van der Waals surface area contributed by atoms with E-state index in [-0.39, 0.29) is 11.8 Å². The lowest BCUT2D eigenvalue weighted by molar-refractivity contribution is -0.175. The molecule has 0 radical (unpaired) electrons. The lowest BCUT2D eigenvalue weighted by Gasteiger charge is -2.49. The summed E-state index contributed by atoms with van der Waals surface area (Å²) in [4.78, 5) is 24.3. The molecule has 0 bridgehead atoms. The number of amides is 1. The van der Waals surface area contributed by atoms with Crippen LogP contribution in [0.1, 0.15) is 26.7 Å². The maximum atomic E-state index is 12.0. The van der Waals surface area contributed by atoms with E-state index in [4.69, 9.17) is 9.84 Å². The Balaban J connectivity index is 1.86. The van der Waals surface area contributed by atoms with E-state index in [1.54, 1.807) is 0 Å². The third-order valence-corrected chi connectivity index (χ3v) is 3.89. The number of carbonyl (C=O) groups excluding carboxylic acids is 1. The van der Waals surface area contributed by atoms with Crippen LogP contribution in [-0.4, -0.2) is 57.9 Å². The fourth-order valence-electron chi connectivity index (χ4n) is 2.34. The molecule has 1 amide bonds. The number of likely N-dealkylation sites (tertiary alicyclic amines) is 1. The SMILES string of the molecule is CC(C)C1(O)CN(C(=O)[C@@H]2CC[C@H](C(=O)O)O2)C1. The van der Waals surface area contributed by atoms with Gasteiger partial charge in [-0.3, -0.25) is 4.79 Å². The van der Waals surface area contributed by atoms with Gasteiger partial charge in [0.05, 0.1) is 13.1 Å². The van der Waals surface area contributed by atoms with Crippen LogP contribution < -0.4 is 0 Å². The monoisotopic (exact) mass is 257 g/mol. The van der Waals surface area contributed by atoms with Crippen molar-refractivity contribution in [3.8, 4) is 0 Å². The van der Waals surface area contributed by atoms with Gasteiger partial charge in [0.1, 0.15) is 11.7 Å². The summed E-state index contributed by atoms with van der Waals surface area (Å²) in [5.74, 6) is -1.13. The number of aliphatic hydroxyl groups is 1. The van der Waals surface area contributed by atoms with Gasteiger partial charge in [-0.1, -0.05) is 13.8 Å². The molecule has 2 rings (SSSR count). The molecule has 0 aliphatic carbocycles. The number of hydrogen-bond donors (Lipinski definition) is 2. The molecule has 0 aromatic carbocycles. The van der Waals surface area contributed by atoms with Crippen LogP contribution in [0.25, 0.3) is 0 Å². The molecule has 2 aliphatic rings. The molecule has 0 aromatic rings. The van der Waals surface area contributed by atoms with E-state index in [1.165, 1.54) is 4.90 Å². The van der Waals surface area contributed by atoms with Crippen LogP contribution in [0.2, 0.25) is 0 Å². The van der Waals surface area contributed by atoms with E-state index in [0.29, 0.717) is 25.9 Å². The second kappa shape index (κ2) is 4.51. The summed E-state index contributed by atoms with van der Waals surface area (Å²) >= 11 is 0. The minimum absolute atomic E-state index is 0.0952. The van der Waals surface area contributed by atoms with Gasteiger partial charge in [0.25, 0.3) is 5.91 Å². The van der Waals surface area contributed by atoms with Crippen molar-refractivity contribution < 1.29 is 24.5 Å². The maximum Gasteiger partial charge on any atom is 0.332 e. The summed E-state index contributed by atoms with van der Waals surface area (Å²) in [5, 5.41) is 18.8. The van der Waals surface area contributed by atoms with Gasteiger partial charge in [-0.05, 0) is 18.8 Å². The van der Waals surface area contributed by atoms with Crippen LogP contribution in [0.5, 0.6) is 0 Å². The highest BCUT2D eigenvalue weighted by Crippen LogP contribution is 2.31. The molecule has 18 heavy (non-hydrogen) atoms. The van der Waals surface area contributed by atoms with Crippen LogP contribution in [0.3, 0.4) is 0 Å². The fourth-order valence-corrected chi connectivity index (χ4v) is 2.34. The largest absolute Gasteiger partial charge is 0.479 e. The quantitative estimate of drug-likeness (QED) is 0.734. The van der Waals surface area contributed by atoms with Gasteiger partial charge < -0.3 is 19.8 Å². The highest BCUT2D eigenvalue weighted by Gasteiger charge is 2.48. The molecule has 2 atom stereocenters. The first-order valence-corrected chi connectivity index (χ1v) is 6.23. The third-order valence-electron chi connectivity index (χ3n) is 3.89. The zero-order valence-electron chi connectivity index (χ0n) is 10.6. The molecule has 2 saturated heterocycles. The van der Waals surface area contributed by atoms with Crippen molar-refractivity contribution in [2.75, 3.05) is 13.1 Å². The summed E-state index contributed by atoms with van der Waals surface area (Å²) in [7, 11) is 0. The molecule has 6 heteroatoms. The summed E-state index contributed by atoms with van der Waals surface area (Å²) in [5.41, 5.74) is -0.805. The van der Waals surface area contributed by atoms with Gasteiger partial charge >= 0.3 is 5.97 Å². The second-order valence-corrected chi connectivity index (χ2v) is 5.48. The molecule has 6 nitrogen and oxygen atoms in total. The van der Waals surface area contributed by atoms with Gasteiger partial charge in [0.15, 0.2) is 6.10 Å². The predicted octanol–water partition coefficient (Wildman–Crippen LogP) is -0.152. The van der Waals surface area contributed by atoms with Crippen molar-refractivity contribution in [3.63, 3.8) is 0 Å². The number of nitrogens with zero attached hydrogens (tertiary/aromatic N) is 1. The number of carboxylic acids is 1. The van der Waals surface area contributed by atoms with Gasteiger partial charge in [-0.25, -0.2) is 4.79 Å². The molecule has 0 aromatic heterocycles. The highest BCUT2D eigenvalue weighted by molar-refractivity contribution is 5.83. The Labute approximate surface area is 106 Å². The molecule has 102 valence electrons. The Hall–Kier alpha value is -1.14. The molecular weight excluding hydrogens is 238 g/mol. The first kappa shape index (κ1) is 13.3. The van der Waals surface area contributed by atoms with Gasteiger partial charge in [0, 0.05) is 0 Å². The zero-order chi connectivity index (χ0) is 13.5. The molecular formula is C12H19NO5. The molecule has 2 fully saturated rings. The first-order chi connectivity index (χ1) is 8.33. The van der Waals surface area contributed by atoms with E-state index in [9.17, 15) is 14.7 Å². The summed E-state index contributed by atoms with van der Waals surface area (Å²) in [6.45, 7) is 4.44. The summed E-state index contributed by atoms with van der Waals surface area (Å²) < 4.78 is 5.20. The Morgan fingerprint density at radius 1 is 1.28 bits per heavy atom. The van der Waals surface area contributed by atoms with E-state index in [2.05, 4.69) is 0 Å². The molecule has 0 unspecified atom stereocenters. The number of aliphatic carboxylic acids is 1. The van der Waals surface area contributed by atoms with Crippen molar-refractivity contribution in [2.24, 2.45) is 5.92 Å². The lowest BCUT2D eigenvalue weighted by Crippen LogP contribution is -2.67. The second-order valence-electron chi connectivity index (χ2n) is 5.48. The van der Waals surface area contributed by atoms with Gasteiger partial charge in [-0.15, -0.1) is 0 Å². The van der Waals surface area contributed by atoms with E-state index in [0.717, 1.165) is 0 Å². The number of β-amino-alcohol motifs (C(OH)–C–C–N with tert-alkyl or cyclic N) is 1. The van der Waals surface area contributed by atoms with Gasteiger partial charge in [0.2, 0.25) is 0 Å². The topological polar surface area (TPSA) is 87.1 Å². The Kier molecular flexibility index (Phi) is 3.33. The van der Waals surface area contributed by atoms with Crippen LogP contribution >= 0.6 is 0 Å². The lowest BCUT2D eigenvalue weighted by atomic mass is 9.82. The average molecular weight is 257 g/mol. The predicted molar refractivity (Wildman–Crippen MR) is 61.9 cm³/mol. The third kappa shape index (κ3) is 2.22. The van der Waals surface area contributed by atoms with Crippen LogP contribution in [-0.2, 0) is 14.3 Å². The summed E-state index contributed by atoms with van der Waals surface area (Å²) in [6, 6.07) is 0. The Bertz CT molecular complexity index is 361. The maximum absolute atomic E-state index is 12.0. The number of carbonyl (C=O) groups is 2. The molecule has 2 aliphatic heterocycles.